The highest BCUT2D eigenvalue weighted by Crippen LogP contribution is 1.94. The Balaban J connectivity index is 3.10. The summed E-state index contributed by atoms with van der Waals surface area (Å²) in [5, 5.41) is 5.84. The molecular formula is C4H9N3S4. The van der Waals surface area contributed by atoms with Crippen LogP contribution >= 0.6 is 49.2 Å². The van der Waals surface area contributed by atoms with Crippen LogP contribution in [0.15, 0.2) is 0 Å². The average Bonchev–Trinajstić information content (AvgIpc) is 1.99. The Morgan fingerprint density at radius 1 is 1.55 bits per heavy atom. The molecule has 0 bridgehead atoms. The molecule has 0 saturated heterocycles. The number of thiol groups is 1. The Labute approximate surface area is 86.8 Å². The number of thiocarbonyl (C=S) groups is 2. The van der Waals surface area contributed by atoms with Gasteiger partial charge >= 0.3 is 0 Å². The van der Waals surface area contributed by atoms with E-state index < -0.39 is 0 Å². The van der Waals surface area contributed by atoms with Gasteiger partial charge in [-0.15, -0.1) is 0 Å². The fourth-order valence-corrected chi connectivity index (χ4v) is 1.43. The first kappa shape index (κ1) is 11.4. The van der Waals surface area contributed by atoms with Gasteiger partial charge in [0.05, 0.1) is 5.49 Å². The third-order valence-electron chi connectivity index (χ3n) is 0.760. The van der Waals surface area contributed by atoms with E-state index in [9.17, 15) is 0 Å². The molecule has 0 rings (SSSR count). The van der Waals surface area contributed by atoms with E-state index in [2.05, 4.69) is 39.8 Å². The van der Waals surface area contributed by atoms with E-state index in [1.165, 1.54) is 17.4 Å². The number of rotatable bonds is 5. The van der Waals surface area contributed by atoms with Gasteiger partial charge in [-0.2, -0.15) is 0 Å². The van der Waals surface area contributed by atoms with Crippen molar-refractivity contribution in [3.05, 3.63) is 0 Å². The summed E-state index contributed by atoms with van der Waals surface area (Å²) < 4.78 is 3.24. The molecule has 0 aliphatic rings. The van der Waals surface area contributed by atoms with Gasteiger partial charge in [-0.05, 0) is 11.9 Å². The lowest BCUT2D eigenvalue weighted by Crippen LogP contribution is -2.28. The highest BCUT2D eigenvalue weighted by atomic mass is 32.2. The summed E-state index contributed by atoms with van der Waals surface area (Å²) in [7, 11) is 0. The van der Waals surface area contributed by atoms with Crippen LogP contribution in [0.4, 0.5) is 0 Å². The van der Waals surface area contributed by atoms with E-state index in [1.54, 1.807) is 0 Å². The summed E-state index contributed by atoms with van der Waals surface area (Å²) >= 11 is 14.5. The standard InChI is InChI=1S/C4H9N3S4/c8-3-5-1-2-6-4(9)11-7-10/h3,7,10H,1-2H2,(H,5,8)(H,6,9). The molecule has 0 spiro atoms. The summed E-state index contributed by atoms with van der Waals surface area (Å²) in [6.07, 6.45) is 0. The molecule has 3 N–H and O–H groups in total. The van der Waals surface area contributed by atoms with Crippen molar-refractivity contribution >= 4 is 59.0 Å². The topological polar surface area (TPSA) is 36.1 Å². The summed E-state index contributed by atoms with van der Waals surface area (Å²) in [5.41, 5.74) is 1.48. The molecular weight excluding hydrogens is 218 g/mol. The summed E-state index contributed by atoms with van der Waals surface area (Å²) in [5.74, 6) is 0. The molecule has 0 aromatic rings. The van der Waals surface area contributed by atoms with Crippen molar-refractivity contribution in [1.82, 2.24) is 14.8 Å². The molecule has 0 atom stereocenters. The SMILES string of the molecule is S=CNCCNC(=S)SNS. The largest absolute Gasteiger partial charge is 0.380 e. The third-order valence-corrected chi connectivity index (χ3v) is 2.02. The van der Waals surface area contributed by atoms with Gasteiger partial charge in [-0.25, -0.2) is 4.13 Å². The first-order chi connectivity index (χ1) is 5.31. The molecule has 0 unspecified atom stereocenters. The molecule has 11 heavy (non-hydrogen) atoms. The van der Waals surface area contributed by atoms with E-state index in [0.29, 0.717) is 4.32 Å². The molecule has 0 heterocycles. The van der Waals surface area contributed by atoms with Crippen LogP contribution in [0, 0.1) is 0 Å². The zero-order chi connectivity index (χ0) is 8.53. The third kappa shape index (κ3) is 8.35. The van der Waals surface area contributed by atoms with Crippen LogP contribution in [0.25, 0.3) is 0 Å². The van der Waals surface area contributed by atoms with Crippen LogP contribution in [0.5, 0.6) is 0 Å². The van der Waals surface area contributed by atoms with Crippen molar-refractivity contribution in [3.63, 3.8) is 0 Å². The monoisotopic (exact) mass is 227 g/mol. The first-order valence-corrected chi connectivity index (χ1v) is 4.96. The first-order valence-electron chi connectivity index (χ1n) is 2.82. The Morgan fingerprint density at radius 3 is 2.82 bits per heavy atom. The van der Waals surface area contributed by atoms with Gasteiger partial charge in [-0.3, -0.25) is 0 Å². The molecule has 3 nitrogen and oxygen atoms in total. The quantitative estimate of drug-likeness (QED) is 0.237. The van der Waals surface area contributed by atoms with Crippen molar-refractivity contribution in [2.24, 2.45) is 0 Å². The van der Waals surface area contributed by atoms with Gasteiger partial charge in [0.2, 0.25) is 0 Å². The van der Waals surface area contributed by atoms with Gasteiger partial charge in [0.15, 0.2) is 0 Å². The van der Waals surface area contributed by atoms with Gasteiger partial charge < -0.3 is 10.6 Å². The van der Waals surface area contributed by atoms with Crippen molar-refractivity contribution < 1.29 is 0 Å². The maximum Gasteiger partial charge on any atom is 0.149 e. The molecule has 0 radical (unpaired) electrons. The highest BCUT2D eigenvalue weighted by Gasteiger charge is 1.92. The van der Waals surface area contributed by atoms with Crippen molar-refractivity contribution in [2.45, 2.75) is 0 Å². The minimum absolute atomic E-state index is 0.672. The van der Waals surface area contributed by atoms with Gasteiger partial charge in [0.1, 0.15) is 4.32 Å². The van der Waals surface area contributed by atoms with E-state index in [0.717, 1.165) is 13.1 Å². The molecule has 0 aliphatic heterocycles. The minimum Gasteiger partial charge on any atom is -0.380 e. The Bertz CT molecular complexity index is 129. The van der Waals surface area contributed by atoms with Gasteiger partial charge in [-0.1, -0.05) is 37.3 Å². The van der Waals surface area contributed by atoms with Crippen LogP contribution in [-0.2, 0) is 0 Å². The van der Waals surface area contributed by atoms with E-state index in [4.69, 9.17) is 12.2 Å². The molecule has 0 aliphatic carbocycles. The predicted octanol–water partition coefficient (Wildman–Crippen LogP) is 0.490. The zero-order valence-corrected chi connectivity index (χ0v) is 9.01. The second-order valence-corrected chi connectivity index (χ2v) is 3.72. The minimum atomic E-state index is 0.672. The molecule has 0 amide bonds. The Morgan fingerprint density at radius 2 is 2.27 bits per heavy atom. The van der Waals surface area contributed by atoms with Crippen LogP contribution in [0.3, 0.4) is 0 Å². The fourth-order valence-electron chi connectivity index (χ4n) is 0.373. The number of nitrogens with one attached hydrogen (secondary N) is 3. The smallest absolute Gasteiger partial charge is 0.149 e. The van der Waals surface area contributed by atoms with Crippen molar-refractivity contribution in [1.29, 1.82) is 0 Å². The number of hydrogen-bond donors (Lipinski definition) is 4. The van der Waals surface area contributed by atoms with E-state index in [-0.39, 0.29) is 0 Å². The zero-order valence-electron chi connectivity index (χ0n) is 5.66. The summed E-state index contributed by atoms with van der Waals surface area (Å²) in [6.45, 7) is 1.53. The number of hydrogen-bond acceptors (Lipinski definition) is 5. The maximum atomic E-state index is 4.88. The summed E-state index contributed by atoms with van der Waals surface area (Å²) in [4.78, 5) is 0. The Kier molecular flexibility index (Phi) is 8.88. The summed E-state index contributed by atoms with van der Waals surface area (Å²) in [6, 6.07) is 0. The fraction of sp³-hybridized carbons (Fsp3) is 0.500. The molecule has 0 aromatic heterocycles. The molecule has 0 fully saturated rings. The second-order valence-electron chi connectivity index (χ2n) is 1.48. The van der Waals surface area contributed by atoms with Gasteiger partial charge in [0.25, 0.3) is 0 Å². The molecule has 7 heteroatoms. The molecule has 0 saturated carbocycles. The van der Waals surface area contributed by atoms with Crippen LogP contribution in [0.1, 0.15) is 0 Å². The molecule has 64 valence electrons. The van der Waals surface area contributed by atoms with Crippen molar-refractivity contribution in [2.75, 3.05) is 13.1 Å². The lowest BCUT2D eigenvalue weighted by atomic mass is 10.6. The van der Waals surface area contributed by atoms with Gasteiger partial charge in [0, 0.05) is 13.1 Å². The normalized spacial score (nSPS) is 8.82. The average molecular weight is 227 g/mol. The highest BCUT2D eigenvalue weighted by molar-refractivity contribution is 8.25. The molecule has 0 aromatic carbocycles. The lowest BCUT2D eigenvalue weighted by molar-refractivity contribution is 0.835. The Hall–Kier alpha value is 0.440. The van der Waals surface area contributed by atoms with E-state index in [1.807, 2.05) is 0 Å². The lowest BCUT2D eigenvalue weighted by Gasteiger charge is -2.04. The van der Waals surface area contributed by atoms with Crippen LogP contribution in [0.2, 0.25) is 0 Å². The second kappa shape index (κ2) is 8.54. The van der Waals surface area contributed by atoms with Crippen molar-refractivity contribution in [3.8, 4) is 0 Å². The van der Waals surface area contributed by atoms with Crippen LogP contribution < -0.4 is 14.8 Å². The van der Waals surface area contributed by atoms with E-state index >= 15 is 0 Å². The van der Waals surface area contributed by atoms with Crippen LogP contribution in [-0.4, -0.2) is 22.9 Å². The maximum absolute atomic E-state index is 4.88. The predicted molar refractivity (Wildman–Crippen MR) is 62.0 cm³/mol.